The van der Waals surface area contributed by atoms with E-state index in [0.29, 0.717) is 6.61 Å². The molecule has 0 radical (unpaired) electrons. The van der Waals surface area contributed by atoms with Crippen molar-refractivity contribution in [1.82, 2.24) is 0 Å². The van der Waals surface area contributed by atoms with E-state index in [0.717, 1.165) is 0 Å². The molecule has 0 aromatic carbocycles. The van der Waals surface area contributed by atoms with E-state index in [1.165, 1.54) is 0 Å². The Morgan fingerprint density at radius 2 is 2.40 bits per heavy atom. The van der Waals surface area contributed by atoms with Crippen molar-refractivity contribution in [2.24, 2.45) is 5.92 Å². The largest absolute Gasteiger partial charge is 0.481 e. The topological polar surface area (TPSA) is 46.5 Å². The van der Waals surface area contributed by atoms with Crippen LogP contribution in [0.5, 0.6) is 0 Å². The first-order valence-corrected chi connectivity index (χ1v) is 3.16. The summed E-state index contributed by atoms with van der Waals surface area (Å²) in [7, 11) is 0. The van der Waals surface area contributed by atoms with Gasteiger partial charge in [-0.05, 0) is 6.42 Å². The molecule has 1 saturated heterocycles. The van der Waals surface area contributed by atoms with Gasteiger partial charge in [-0.1, -0.05) is 0 Å². The second kappa shape index (κ2) is 2.96. The van der Waals surface area contributed by atoms with Gasteiger partial charge in [0.1, 0.15) is 6.17 Å². The molecule has 4 heteroatoms. The van der Waals surface area contributed by atoms with Gasteiger partial charge in [0.2, 0.25) is 0 Å². The van der Waals surface area contributed by atoms with Crippen molar-refractivity contribution in [3.63, 3.8) is 0 Å². The van der Waals surface area contributed by atoms with Crippen LogP contribution in [0.3, 0.4) is 0 Å². The van der Waals surface area contributed by atoms with Gasteiger partial charge in [-0.15, -0.1) is 0 Å². The minimum absolute atomic E-state index is 0.0725. The highest BCUT2D eigenvalue weighted by atomic mass is 19.1. The Labute approximate surface area is 57.8 Å². The van der Waals surface area contributed by atoms with Crippen molar-refractivity contribution in [2.75, 3.05) is 13.2 Å². The average molecular weight is 148 g/mol. The Morgan fingerprint density at radius 1 is 1.70 bits per heavy atom. The van der Waals surface area contributed by atoms with E-state index in [-0.39, 0.29) is 13.0 Å². The lowest BCUT2D eigenvalue weighted by Gasteiger charge is -2.21. The first-order valence-electron chi connectivity index (χ1n) is 3.16. The summed E-state index contributed by atoms with van der Waals surface area (Å²) in [6.07, 6.45) is -1.04. The Morgan fingerprint density at radius 3 is 2.80 bits per heavy atom. The molecule has 1 aliphatic heterocycles. The molecule has 58 valence electrons. The standard InChI is InChI=1S/C6H9FO3/c7-5-3-10-2-1-4(5)6(8)9/h4-5H,1-3H2,(H,8,9)/t4-,5+/m0/s1. The fourth-order valence-corrected chi connectivity index (χ4v) is 0.981. The first kappa shape index (κ1) is 7.47. The molecule has 1 heterocycles. The van der Waals surface area contributed by atoms with E-state index in [1.807, 2.05) is 0 Å². The molecule has 0 aromatic heterocycles. The number of carboxylic acid groups (broad SMARTS) is 1. The van der Waals surface area contributed by atoms with E-state index >= 15 is 0 Å². The molecule has 10 heavy (non-hydrogen) atoms. The zero-order chi connectivity index (χ0) is 7.56. The van der Waals surface area contributed by atoms with Crippen molar-refractivity contribution in [3.05, 3.63) is 0 Å². The molecule has 1 N–H and O–H groups in total. The van der Waals surface area contributed by atoms with Gasteiger partial charge in [0.05, 0.1) is 12.5 Å². The van der Waals surface area contributed by atoms with Crippen molar-refractivity contribution < 1.29 is 19.0 Å². The van der Waals surface area contributed by atoms with E-state index < -0.39 is 18.1 Å². The Kier molecular flexibility index (Phi) is 2.21. The number of hydrogen-bond acceptors (Lipinski definition) is 2. The summed E-state index contributed by atoms with van der Waals surface area (Å²) < 4.78 is 17.3. The number of halogens is 1. The lowest BCUT2D eigenvalue weighted by Crippen LogP contribution is -2.34. The average Bonchev–Trinajstić information content (AvgIpc) is 1.88. The number of carbonyl (C=O) groups is 1. The van der Waals surface area contributed by atoms with Gasteiger partial charge in [-0.2, -0.15) is 0 Å². The van der Waals surface area contributed by atoms with Gasteiger partial charge in [-0.25, -0.2) is 4.39 Å². The number of rotatable bonds is 1. The predicted octanol–water partition coefficient (Wildman–Crippen LogP) is 0.446. The maximum absolute atomic E-state index is 12.6. The predicted molar refractivity (Wildman–Crippen MR) is 31.5 cm³/mol. The van der Waals surface area contributed by atoms with Crippen LogP contribution in [0.25, 0.3) is 0 Å². The van der Waals surface area contributed by atoms with Gasteiger partial charge >= 0.3 is 5.97 Å². The summed E-state index contributed by atoms with van der Waals surface area (Å²) in [4.78, 5) is 10.3. The Bertz CT molecular complexity index is 137. The number of alkyl halides is 1. The number of carboxylic acids is 1. The zero-order valence-corrected chi connectivity index (χ0v) is 5.42. The lowest BCUT2D eigenvalue weighted by molar-refractivity contribution is -0.148. The van der Waals surface area contributed by atoms with Crippen LogP contribution in [0.15, 0.2) is 0 Å². The lowest BCUT2D eigenvalue weighted by atomic mass is 9.99. The van der Waals surface area contributed by atoms with Gasteiger partial charge in [0, 0.05) is 6.61 Å². The second-order valence-electron chi connectivity index (χ2n) is 2.32. The molecular formula is C6H9FO3. The smallest absolute Gasteiger partial charge is 0.309 e. The summed E-state index contributed by atoms with van der Waals surface area (Å²) in [5, 5.41) is 8.41. The van der Waals surface area contributed by atoms with Gasteiger partial charge in [0.25, 0.3) is 0 Å². The number of hydrogen-bond donors (Lipinski definition) is 1. The third kappa shape index (κ3) is 1.44. The number of aliphatic carboxylic acids is 1. The second-order valence-corrected chi connectivity index (χ2v) is 2.32. The van der Waals surface area contributed by atoms with Crippen LogP contribution in [0.4, 0.5) is 4.39 Å². The van der Waals surface area contributed by atoms with E-state index in [1.54, 1.807) is 0 Å². The molecule has 0 spiro atoms. The maximum atomic E-state index is 12.6. The van der Waals surface area contributed by atoms with Crippen molar-refractivity contribution in [1.29, 1.82) is 0 Å². The highest BCUT2D eigenvalue weighted by Crippen LogP contribution is 2.18. The fraction of sp³-hybridized carbons (Fsp3) is 0.833. The molecule has 0 amide bonds. The van der Waals surface area contributed by atoms with Gasteiger partial charge < -0.3 is 9.84 Å². The van der Waals surface area contributed by atoms with Crippen LogP contribution < -0.4 is 0 Å². The third-order valence-electron chi connectivity index (χ3n) is 1.60. The van der Waals surface area contributed by atoms with Crippen LogP contribution in [-0.2, 0) is 9.53 Å². The molecule has 1 rings (SSSR count). The van der Waals surface area contributed by atoms with Crippen molar-refractivity contribution in [3.8, 4) is 0 Å². The molecular weight excluding hydrogens is 139 g/mol. The van der Waals surface area contributed by atoms with Crippen LogP contribution in [-0.4, -0.2) is 30.5 Å². The molecule has 0 aromatic rings. The van der Waals surface area contributed by atoms with Gasteiger partial charge in [-0.3, -0.25) is 4.79 Å². The van der Waals surface area contributed by atoms with Crippen LogP contribution in [0.2, 0.25) is 0 Å². The molecule has 1 fully saturated rings. The summed E-state index contributed by atoms with van der Waals surface area (Å²) in [5.74, 6) is -1.91. The monoisotopic (exact) mass is 148 g/mol. The quantitative estimate of drug-likeness (QED) is 0.587. The zero-order valence-electron chi connectivity index (χ0n) is 5.42. The van der Waals surface area contributed by atoms with E-state index in [9.17, 15) is 9.18 Å². The molecule has 0 bridgehead atoms. The Balaban J connectivity index is 2.47. The Hall–Kier alpha value is -0.640. The van der Waals surface area contributed by atoms with E-state index in [2.05, 4.69) is 0 Å². The van der Waals surface area contributed by atoms with Crippen molar-refractivity contribution in [2.45, 2.75) is 12.6 Å². The number of ether oxygens (including phenoxy) is 1. The molecule has 2 atom stereocenters. The van der Waals surface area contributed by atoms with Crippen LogP contribution in [0.1, 0.15) is 6.42 Å². The van der Waals surface area contributed by atoms with Crippen molar-refractivity contribution >= 4 is 5.97 Å². The summed E-state index contributed by atoms with van der Waals surface area (Å²) >= 11 is 0. The molecule has 0 aliphatic carbocycles. The minimum atomic E-state index is -1.33. The summed E-state index contributed by atoms with van der Waals surface area (Å²) in [5.41, 5.74) is 0. The molecule has 3 nitrogen and oxygen atoms in total. The normalized spacial score (nSPS) is 33.7. The van der Waals surface area contributed by atoms with Crippen LogP contribution in [0, 0.1) is 5.92 Å². The van der Waals surface area contributed by atoms with Gasteiger partial charge in [0.15, 0.2) is 0 Å². The van der Waals surface area contributed by atoms with Crippen LogP contribution >= 0.6 is 0 Å². The third-order valence-corrected chi connectivity index (χ3v) is 1.60. The minimum Gasteiger partial charge on any atom is -0.481 e. The summed E-state index contributed by atoms with van der Waals surface area (Å²) in [6.45, 7) is 0.286. The summed E-state index contributed by atoms with van der Waals surface area (Å²) in [6, 6.07) is 0. The molecule has 0 saturated carbocycles. The molecule has 1 aliphatic rings. The maximum Gasteiger partial charge on any atom is 0.309 e. The SMILES string of the molecule is O=C(O)[C@H]1CCOC[C@H]1F. The fourth-order valence-electron chi connectivity index (χ4n) is 0.981. The highest BCUT2D eigenvalue weighted by Gasteiger charge is 2.31. The van der Waals surface area contributed by atoms with E-state index in [4.69, 9.17) is 9.84 Å². The first-order chi connectivity index (χ1) is 4.72. The highest BCUT2D eigenvalue weighted by molar-refractivity contribution is 5.70. The molecule has 0 unspecified atom stereocenters.